The van der Waals surface area contributed by atoms with Crippen molar-refractivity contribution in [3.05, 3.63) is 186 Å². The average Bonchev–Trinajstić information content (AvgIpc) is 3.41. The molecule has 0 bridgehead atoms. The van der Waals surface area contributed by atoms with Gasteiger partial charge in [-0.05, 0) is 44.5 Å². The van der Waals surface area contributed by atoms with E-state index in [4.69, 9.17) is 9.97 Å². The lowest BCUT2D eigenvalue weighted by molar-refractivity contribution is 0.768. The van der Waals surface area contributed by atoms with E-state index in [0.29, 0.717) is 11.6 Å². The van der Waals surface area contributed by atoms with Crippen LogP contribution in [0, 0.1) is 0 Å². The number of hydrogen-bond donors (Lipinski definition) is 0. The molecule has 0 spiro atoms. The van der Waals surface area contributed by atoms with E-state index in [1.807, 2.05) is 6.07 Å². The standard InChI is InChI=1S/C40H27N3/c1-4-13-28(14-5-1)29-23-25-30(26-24-29)38-41-27-42-39(43-38)34-20-12-22-36-37(34)33-19-10-11-21-35(33)40(36,31-15-6-2-7-16-31)32-17-8-3-9-18-32/h1-27H. The third-order valence-corrected chi connectivity index (χ3v) is 8.55. The van der Waals surface area contributed by atoms with Crippen LogP contribution in [0.15, 0.2) is 164 Å². The first-order valence-electron chi connectivity index (χ1n) is 14.5. The molecular formula is C40H27N3. The quantitative estimate of drug-likeness (QED) is 0.215. The van der Waals surface area contributed by atoms with Crippen molar-refractivity contribution in [3.8, 4) is 45.0 Å². The molecule has 202 valence electrons. The largest absolute Gasteiger partial charge is 0.217 e. The molecule has 0 saturated heterocycles. The van der Waals surface area contributed by atoms with E-state index < -0.39 is 5.41 Å². The minimum absolute atomic E-state index is 0.465. The predicted molar refractivity (Wildman–Crippen MR) is 173 cm³/mol. The molecule has 1 aromatic heterocycles. The molecule has 0 N–H and O–H groups in total. The highest BCUT2D eigenvalue weighted by Crippen LogP contribution is 2.57. The van der Waals surface area contributed by atoms with Crippen LogP contribution in [0.1, 0.15) is 22.3 Å². The van der Waals surface area contributed by atoms with Gasteiger partial charge in [0.1, 0.15) is 6.33 Å². The fourth-order valence-corrected chi connectivity index (χ4v) is 6.69. The van der Waals surface area contributed by atoms with E-state index in [-0.39, 0.29) is 0 Å². The molecule has 1 heterocycles. The third-order valence-electron chi connectivity index (χ3n) is 8.55. The van der Waals surface area contributed by atoms with E-state index in [0.717, 1.165) is 16.7 Å². The summed E-state index contributed by atoms with van der Waals surface area (Å²) in [5, 5.41) is 0. The monoisotopic (exact) mass is 549 g/mol. The van der Waals surface area contributed by atoms with E-state index in [9.17, 15) is 0 Å². The summed E-state index contributed by atoms with van der Waals surface area (Å²) in [7, 11) is 0. The summed E-state index contributed by atoms with van der Waals surface area (Å²) < 4.78 is 0. The SMILES string of the molecule is c1ccc(-c2ccc(-c3ncnc(-c4cccc5c4-c4ccccc4C5(c4ccccc4)c4ccccc4)n3)cc2)cc1. The Morgan fingerprint density at radius 2 is 0.884 bits per heavy atom. The van der Waals surface area contributed by atoms with E-state index in [2.05, 4.69) is 157 Å². The molecule has 1 aliphatic rings. The fourth-order valence-electron chi connectivity index (χ4n) is 6.69. The topological polar surface area (TPSA) is 38.7 Å². The van der Waals surface area contributed by atoms with Crippen LogP contribution in [-0.4, -0.2) is 15.0 Å². The van der Waals surface area contributed by atoms with Gasteiger partial charge in [0.15, 0.2) is 11.6 Å². The first-order chi connectivity index (χ1) is 21.3. The number of aromatic nitrogens is 3. The molecule has 0 radical (unpaired) electrons. The van der Waals surface area contributed by atoms with Crippen molar-refractivity contribution in [3.63, 3.8) is 0 Å². The second kappa shape index (κ2) is 10.3. The highest BCUT2D eigenvalue weighted by molar-refractivity contribution is 5.94. The van der Waals surface area contributed by atoms with Crippen molar-refractivity contribution in [2.45, 2.75) is 5.41 Å². The highest BCUT2D eigenvalue weighted by Gasteiger charge is 2.46. The average molecular weight is 550 g/mol. The second-order valence-corrected chi connectivity index (χ2v) is 10.8. The molecule has 1 aliphatic carbocycles. The Morgan fingerprint density at radius 1 is 0.372 bits per heavy atom. The normalized spacial score (nSPS) is 12.8. The van der Waals surface area contributed by atoms with Gasteiger partial charge in [-0.25, -0.2) is 15.0 Å². The number of rotatable bonds is 5. The molecule has 0 amide bonds. The molecule has 7 aromatic rings. The maximum atomic E-state index is 5.04. The molecule has 0 saturated carbocycles. The maximum Gasteiger partial charge on any atom is 0.164 e. The number of benzene rings is 6. The van der Waals surface area contributed by atoms with Gasteiger partial charge in [0.2, 0.25) is 0 Å². The maximum absolute atomic E-state index is 5.04. The van der Waals surface area contributed by atoms with Crippen molar-refractivity contribution in [1.82, 2.24) is 15.0 Å². The van der Waals surface area contributed by atoms with E-state index in [1.54, 1.807) is 6.33 Å². The Bertz CT molecular complexity index is 2010. The minimum atomic E-state index is -0.465. The molecule has 8 rings (SSSR count). The van der Waals surface area contributed by atoms with Crippen LogP contribution in [0.3, 0.4) is 0 Å². The van der Waals surface area contributed by atoms with E-state index in [1.165, 1.54) is 38.9 Å². The Labute approximate surface area is 251 Å². The summed E-state index contributed by atoms with van der Waals surface area (Å²) in [5.41, 5.74) is 11.2. The Kier molecular flexibility index (Phi) is 6.01. The predicted octanol–water partition coefficient (Wildman–Crippen LogP) is 9.24. The van der Waals surface area contributed by atoms with Crippen LogP contribution >= 0.6 is 0 Å². The van der Waals surface area contributed by atoms with Crippen LogP contribution in [0.2, 0.25) is 0 Å². The summed E-state index contributed by atoms with van der Waals surface area (Å²) >= 11 is 0. The number of hydrogen-bond acceptors (Lipinski definition) is 3. The van der Waals surface area contributed by atoms with Gasteiger partial charge >= 0.3 is 0 Å². The first kappa shape index (κ1) is 25.1. The molecule has 0 aliphatic heterocycles. The van der Waals surface area contributed by atoms with Crippen molar-refractivity contribution in [1.29, 1.82) is 0 Å². The van der Waals surface area contributed by atoms with Gasteiger partial charge in [-0.15, -0.1) is 0 Å². The minimum Gasteiger partial charge on any atom is -0.217 e. The van der Waals surface area contributed by atoms with Crippen molar-refractivity contribution >= 4 is 0 Å². The van der Waals surface area contributed by atoms with Crippen molar-refractivity contribution < 1.29 is 0 Å². The number of nitrogens with zero attached hydrogens (tertiary/aromatic N) is 3. The molecule has 0 fully saturated rings. The summed E-state index contributed by atoms with van der Waals surface area (Å²) in [6.45, 7) is 0. The van der Waals surface area contributed by atoms with Crippen LogP contribution in [0.25, 0.3) is 45.0 Å². The van der Waals surface area contributed by atoms with Gasteiger partial charge in [-0.3, -0.25) is 0 Å². The van der Waals surface area contributed by atoms with Crippen LogP contribution < -0.4 is 0 Å². The summed E-state index contributed by atoms with van der Waals surface area (Å²) in [6, 6.07) is 55.8. The molecule has 43 heavy (non-hydrogen) atoms. The van der Waals surface area contributed by atoms with Gasteiger partial charge in [0.25, 0.3) is 0 Å². The van der Waals surface area contributed by atoms with Gasteiger partial charge in [0, 0.05) is 11.1 Å². The third kappa shape index (κ3) is 4.01. The Morgan fingerprint density at radius 3 is 1.58 bits per heavy atom. The van der Waals surface area contributed by atoms with Gasteiger partial charge in [0.05, 0.1) is 5.41 Å². The van der Waals surface area contributed by atoms with Crippen LogP contribution in [0.5, 0.6) is 0 Å². The molecule has 0 unspecified atom stereocenters. The zero-order chi connectivity index (χ0) is 28.6. The van der Waals surface area contributed by atoms with Gasteiger partial charge in [-0.2, -0.15) is 0 Å². The van der Waals surface area contributed by atoms with E-state index >= 15 is 0 Å². The zero-order valence-corrected chi connectivity index (χ0v) is 23.4. The summed E-state index contributed by atoms with van der Waals surface area (Å²) in [4.78, 5) is 14.3. The number of fused-ring (bicyclic) bond motifs is 3. The smallest absolute Gasteiger partial charge is 0.164 e. The molecule has 3 nitrogen and oxygen atoms in total. The van der Waals surface area contributed by atoms with Gasteiger partial charge < -0.3 is 0 Å². The zero-order valence-electron chi connectivity index (χ0n) is 23.4. The van der Waals surface area contributed by atoms with Crippen molar-refractivity contribution in [2.24, 2.45) is 0 Å². The van der Waals surface area contributed by atoms with Crippen LogP contribution in [0.4, 0.5) is 0 Å². The van der Waals surface area contributed by atoms with Crippen molar-refractivity contribution in [2.75, 3.05) is 0 Å². The van der Waals surface area contributed by atoms with Crippen LogP contribution in [-0.2, 0) is 5.41 Å². The summed E-state index contributed by atoms with van der Waals surface area (Å²) in [5.74, 6) is 1.33. The highest BCUT2D eigenvalue weighted by atomic mass is 15.0. The van der Waals surface area contributed by atoms with Gasteiger partial charge in [-0.1, -0.05) is 158 Å². The molecule has 6 aromatic carbocycles. The molecular weight excluding hydrogens is 522 g/mol. The Hall–Kier alpha value is -5.67. The fraction of sp³-hybridized carbons (Fsp3) is 0.0250. The second-order valence-electron chi connectivity index (χ2n) is 10.8. The lowest BCUT2D eigenvalue weighted by atomic mass is 9.67. The lowest BCUT2D eigenvalue weighted by Crippen LogP contribution is -2.28. The summed E-state index contributed by atoms with van der Waals surface area (Å²) in [6.07, 6.45) is 1.63. The lowest BCUT2D eigenvalue weighted by Gasteiger charge is -2.33. The molecule has 0 atom stereocenters. The Balaban J connectivity index is 1.31. The first-order valence-corrected chi connectivity index (χ1v) is 14.5. The molecule has 3 heteroatoms.